The molecule has 2 heterocycles. The van der Waals surface area contributed by atoms with Crippen molar-refractivity contribution in [1.29, 1.82) is 0 Å². The van der Waals surface area contributed by atoms with Crippen LogP contribution < -0.4 is 10.6 Å². The Kier molecular flexibility index (Phi) is 5.62. The summed E-state index contributed by atoms with van der Waals surface area (Å²) in [5, 5.41) is 10.2. The summed E-state index contributed by atoms with van der Waals surface area (Å²) in [6.07, 6.45) is 0. The summed E-state index contributed by atoms with van der Waals surface area (Å²) in [6.45, 7) is 6.30. The van der Waals surface area contributed by atoms with Crippen LogP contribution in [-0.2, 0) is 0 Å². The Morgan fingerprint density at radius 2 is 1.82 bits per heavy atom. The van der Waals surface area contributed by atoms with E-state index in [-0.39, 0.29) is 12.1 Å². The van der Waals surface area contributed by atoms with Crippen LogP contribution in [0, 0.1) is 32.4 Å². The van der Waals surface area contributed by atoms with E-state index in [9.17, 15) is 13.6 Å². The van der Waals surface area contributed by atoms with E-state index in [0.717, 1.165) is 23.5 Å². The molecule has 0 atom stereocenters. The van der Waals surface area contributed by atoms with Crippen LogP contribution in [0.5, 0.6) is 0 Å². The van der Waals surface area contributed by atoms with E-state index in [1.54, 1.807) is 17.7 Å². The van der Waals surface area contributed by atoms with Crippen molar-refractivity contribution in [2.75, 3.05) is 18.4 Å². The largest absolute Gasteiger partial charge is 0.368 e. The molecular formula is C19H20F2N6O. The smallest absolute Gasteiger partial charge is 0.251 e. The van der Waals surface area contributed by atoms with Crippen molar-refractivity contribution in [3.8, 4) is 5.82 Å². The van der Waals surface area contributed by atoms with Gasteiger partial charge in [-0.2, -0.15) is 5.10 Å². The van der Waals surface area contributed by atoms with Crippen molar-refractivity contribution in [2.45, 2.75) is 20.8 Å². The van der Waals surface area contributed by atoms with Crippen molar-refractivity contribution < 1.29 is 13.6 Å². The number of halogens is 2. The molecule has 0 saturated heterocycles. The first kappa shape index (κ1) is 19.4. The second-order valence-electron chi connectivity index (χ2n) is 6.31. The SMILES string of the molecule is Cc1cc(C)n(-c2cc(NCCNC(=O)c3ccc(F)c(F)c3)nc(C)n2)n1. The van der Waals surface area contributed by atoms with Gasteiger partial charge in [0.15, 0.2) is 17.5 Å². The number of hydrogen-bond acceptors (Lipinski definition) is 5. The number of hydrogen-bond donors (Lipinski definition) is 2. The highest BCUT2D eigenvalue weighted by Crippen LogP contribution is 2.14. The highest BCUT2D eigenvalue weighted by Gasteiger charge is 2.10. The summed E-state index contributed by atoms with van der Waals surface area (Å²) in [7, 11) is 0. The fourth-order valence-electron chi connectivity index (χ4n) is 2.72. The van der Waals surface area contributed by atoms with E-state index in [4.69, 9.17) is 0 Å². The van der Waals surface area contributed by atoms with Gasteiger partial charge in [-0.15, -0.1) is 0 Å². The summed E-state index contributed by atoms with van der Waals surface area (Å²) in [5.41, 5.74) is 1.91. The number of anilines is 1. The minimum absolute atomic E-state index is 0.0589. The third kappa shape index (κ3) is 4.48. The fraction of sp³-hybridized carbons (Fsp3) is 0.263. The molecule has 0 saturated carbocycles. The summed E-state index contributed by atoms with van der Waals surface area (Å²) in [5.74, 6) is -0.709. The predicted octanol–water partition coefficient (Wildman–Crippen LogP) is 2.71. The van der Waals surface area contributed by atoms with Crippen molar-refractivity contribution in [3.63, 3.8) is 0 Å². The van der Waals surface area contributed by atoms with Gasteiger partial charge in [0.25, 0.3) is 5.91 Å². The average Bonchev–Trinajstić information content (AvgIpc) is 2.98. The van der Waals surface area contributed by atoms with Gasteiger partial charge >= 0.3 is 0 Å². The van der Waals surface area contributed by atoms with Crippen molar-refractivity contribution in [1.82, 2.24) is 25.1 Å². The third-order valence-electron chi connectivity index (χ3n) is 3.95. The molecular weight excluding hydrogens is 366 g/mol. The molecule has 0 unspecified atom stereocenters. The molecule has 3 rings (SSSR count). The fourth-order valence-corrected chi connectivity index (χ4v) is 2.72. The normalized spacial score (nSPS) is 10.8. The lowest BCUT2D eigenvalue weighted by molar-refractivity contribution is 0.0954. The number of nitrogens with one attached hydrogen (secondary N) is 2. The number of amides is 1. The molecule has 1 aromatic carbocycles. The summed E-state index contributed by atoms with van der Waals surface area (Å²) < 4.78 is 27.9. The first-order valence-corrected chi connectivity index (χ1v) is 8.70. The van der Waals surface area contributed by atoms with Gasteiger partial charge in [0.1, 0.15) is 11.6 Å². The van der Waals surface area contributed by atoms with Gasteiger partial charge in [0.05, 0.1) is 5.69 Å². The van der Waals surface area contributed by atoms with E-state index >= 15 is 0 Å². The van der Waals surface area contributed by atoms with Crippen LogP contribution in [-0.4, -0.2) is 38.7 Å². The summed E-state index contributed by atoms with van der Waals surface area (Å²) in [6, 6.07) is 6.75. The van der Waals surface area contributed by atoms with Crippen LogP contribution in [0.1, 0.15) is 27.6 Å². The molecule has 28 heavy (non-hydrogen) atoms. The Balaban J connectivity index is 1.59. The second-order valence-corrected chi connectivity index (χ2v) is 6.31. The van der Waals surface area contributed by atoms with Gasteiger partial charge < -0.3 is 10.6 Å². The molecule has 3 aromatic rings. The van der Waals surface area contributed by atoms with Crippen molar-refractivity contribution in [3.05, 3.63) is 64.7 Å². The molecule has 7 nitrogen and oxygen atoms in total. The van der Waals surface area contributed by atoms with E-state index < -0.39 is 17.5 Å². The van der Waals surface area contributed by atoms with E-state index in [0.29, 0.717) is 24.0 Å². The van der Waals surface area contributed by atoms with Crippen LogP contribution in [0.4, 0.5) is 14.6 Å². The maximum Gasteiger partial charge on any atom is 0.251 e. The quantitative estimate of drug-likeness (QED) is 0.637. The van der Waals surface area contributed by atoms with Crippen molar-refractivity contribution >= 4 is 11.7 Å². The lowest BCUT2D eigenvalue weighted by Crippen LogP contribution is -2.29. The minimum Gasteiger partial charge on any atom is -0.368 e. The number of nitrogens with zero attached hydrogens (tertiary/aromatic N) is 4. The molecule has 2 aromatic heterocycles. The molecule has 0 bridgehead atoms. The van der Waals surface area contributed by atoms with Crippen LogP contribution in [0.2, 0.25) is 0 Å². The molecule has 0 spiro atoms. The van der Waals surface area contributed by atoms with Crippen LogP contribution in [0.15, 0.2) is 30.3 Å². The monoisotopic (exact) mass is 386 g/mol. The molecule has 0 aliphatic heterocycles. The molecule has 0 fully saturated rings. The van der Waals surface area contributed by atoms with Gasteiger partial charge in [0, 0.05) is 30.4 Å². The molecule has 2 N–H and O–H groups in total. The van der Waals surface area contributed by atoms with Crippen LogP contribution in [0.25, 0.3) is 5.82 Å². The second kappa shape index (κ2) is 8.12. The highest BCUT2D eigenvalue weighted by atomic mass is 19.2. The Hall–Kier alpha value is -3.36. The van der Waals surface area contributed by atoms with Gasteiger partial charge in [-0.1, -0.05) is 0 Å². The summed E-state index contributed by atoms with van der Waals surface area (Å²) >= 11 is 0. The number of aryl methyl sites for hydroxylation is 3. The Morgan fingerprint density at radius 3 is 2.50 bits per heavy atom. The molecule has 0 aliphatic carbocycles. The topological polar surface area (TPSA) is 84.7 Å². The number of aromatic nitrogens is 4. The Labute approximate surface area is 160 Å². The van der Waals surface area contributed by atoms with Crippen LogP contribution in [0.3, 0.4) is 0 Å². The maximum absolute atomic E-state index is 13.2. The van der Waals surface area contributed by atoms with Gasteiger partial charge in [-0.05, 0) is 45.0 Å². The zero-order valence-corrected chi connectivity index (χ0v) is 15.8. The summed E-state index contributed by atoms with van der Waals surface area (Å²) in [4.78, 5) is 20.7. The minimum atomic E-state index is -1.06. The first-order valence-electron chi connectivity index (χ1n) is 8.70. The molecule has 9 heteroatoms. The lowest BCUT2D eigenvalue weighted by Gasteiger charge is -2.10. The van der Waals surface area contributed by atoms with E-state index in [2.05, 4.69) is 25.7 Å². The van der Waals surface area contributed by atoms with E-state index in [1.807, 2.05) is 19.9 Å². The number of carbonyl (C=O) groups excluding carboxylic acids is 1. The van der Waals surface area contributed by atoms with Gasteiger partial charge in [-0.25, -0.2) is 23.4 Å². The van der Waals surface area contributed by atoms with Gasteiger partial charge in [0.2, 0.25) is 0 Å². The number of benzene rings is 1. The van der Waals surface area contributed by atoms with E-state index in [1.165, 1.54) is 6.07 Å². The molecule has 0 aliphatic rings. The number of carbonyl (C=O) groups is 1. The number of rotatable bonds is 6. The molecule has 1 amide bonds. The molecule has 146 valence electrons. The van der Waals surface area contributed by atoms with Crippen molar-refractivity contribution in [2.24, 2.45) is 0 Å². The molecule has 0 radical (unpaired) electrons. The lowest BCUT2D eigenvalue weighted by atomic mass is 10.2. The van der Waals surface area contributed by atoms with Crippen LogP contribution >= 0.6 is 0 Å². The predicted molar refractivity (Wildman–Crippen MR) is 101 cm³/mol. The maximum atomic E-state index is 13.2. The third-order valence-corrected chi connectivity index (χ3v) is 3.95. The average molecular weight is 386 g/mol. The standard InChI is InChI=1S/C19H20F2N6O/c1-11-8-12(2)27(26-11)18-10-17(24-13(3)25-18)22-6-7-23-19(28)14-4-5-15(20)16(21)9-14/h4-5,8-10H,6-7H2,1-3H3,(H,23,28)(H,22,24,25). The first-order chi connectivity index (χ1) is 13.3. The highest BCUT2D eigenvalue weighted by molar-refractivity contribution is 5.94. The zero-order valence-electron chi connectivity index (χ0n) is 15.8. The zero-order chi connectivity index (χ0) is 20.3. The Bertz CT molecular complexity index is 1020. The Morgan fingerprint density at radius 1 is 1.04 bits per heavy atom. The van der Waals surface area contributed by atoms with Gasteiger partial charge in [-0.3, -0.25) is 4.79 Å².